The van der Waals surface area contributed by atoms with Crippen molar-refractivity contribution in [1.29, 1.82) is 0 Å². The monoisotopic (exact) mass is 482 g/mol. The summed E-state index contributed by atoms with van der Waals surface area (Å²) in [6.07, 6.45) is 0. The van der Waals surface area contributed by atoms with Crippen LogP contribution in [0.5, 0.6) is 5.75 Å². The van der Waals surface area contributed by atoms with Gasteiger partial charge < -0.3 is 9.47 Å². The molecule has 0 saturated heterocycles. The molecular formula is C31H30O3S. The number of ether oxygens (including phenoxy) is 2. The Hall–Kier alpha value is -3.50. The number of aryl methyl sites for hydroxylation is 2. The molecule has 0 bridgehead atoms. The van der Waals surface area contributed by atoms with Crippen molar-refractivity contribution in [3.63, 3.8) is 0 Å². The molecule has 4 aromatic carbocycles. The first kappa shape index (κ1) is 24.6. The van der Waals surface area contributed by atoms with E-state index >= 15 is 0 Å². The topological polar surface area (TPSA) is 35.5 Å². The minimum absolute atomic E-state index is 0.138. The Balaban J connectivity index is 1.45. The maximum atomic E-state index is 12.6. The maximum absolute atomic E-state index is 12.6. The lowest BCUT2D eigenvalue weighted by atomic mass is 9.98. The molecule has 4 aromatic rings. The summed E-state index contributed by atoms with van der Waals surface area (Å²) in [4.78, 5) is 14.9. The van der Waals surface area contributed by atoms with Crippen LogP contribution in [0.2, 0.25) is 0 Å². The maximum Gasteiger partial charge on any atom is 0.345 e. The van der Waals surface area contributed by atoms with E-state index < -0.39 is 11.6 Å². The van der Waals surface area contributed by atoms with Gasteiger partial charge in [0.15, 0.2) is 6.61 Å². The summed E-state index contributed by atoms with van der Waals surface area (Å²) in [6.45, 7) is 7.65. The van der Waals surface area contributed by atoms with Gasteiger partial charge in [0.25, 0.3) is 0 Å². The second kappa shape index (κ2) is 10.8. The fraction of sp³-hybridized carbons (Fsp3) is 0.194. The molecule has 3 nitrogen and oxygen atoms in total. The molecule has 0 fully saturated rings. The molecule has 0 heterocycles. The number of esters is 1. The highest BCUT2D eigenvalue weighted by Crippen LogP contribution is 2.38. The van der Waals surface area contributed by atoms with Gasteiger partial charge in [0.1, 0.15) is 11.4 Å². The number of hydrogen-bond donors (Lipinski definition) is 0. The van der Waals surface area contributed by atoms with Gasteiger partial charge in [0.2, 0.25) is 0 Å². The number of carbonyl (C=O) groups excluding carboxylic acids is 1. The van der Waals surface area contributed by atoms with Crippen molar-refractivity contribution >= 4 is 17.7 Å². The zero-order valence-corrected chi connectivity index (χ0v) is 21.4. The molecule has 0 aliphatic heterocycles. The Bertz CT molecular complexity index is 1270. The van der Waals surface area contributed by atoms with E-state index in [1.807, 2.05) is 64.1 Å². The van der Waals surface area contributed by atoms with Gasteiger partial charge in [-0.05, 0) is 73.7 Å². The van der Waals surface area contributed by atoms with Crippen LogP contribution in [0.25, 0.3) is 11.1 Å². The van der Waals surface area contributed by atoms with Crippen LogP contribution in [-0.2, 0) is 15.1 Å². The summed E-state index contributed by atoms with van der Waals surface area (Å²) < 4.78 is 11.6. The minimum atomic E-state index is -0.724. The van der Waals surface area contributed by atoms with E-state index in [1.165, 1.54) is 16.0 Å². The van der Waals surface area contributed by atoms with E-state index in [9.17, 15) is 4.79 Å². The number of carbonyl (C=O) groups is 1. The Morgan fingerprint density at radius 3 is 2.03 bits per heavy atom. The Labute approximate surface area is 212 Å². The second-order valence-electron chi connectivity index (χ2n) is 8.99. The third-order valence-electron chi connectivity index (χ3n) is 5.81. The quantitative estimate of drug-likeness (QED) is 0.239. The Morgan fingerprint density at radius 2 is 1.37 bits per heavy atom. The molecule has 178 valence electrons. The molecule has 0 N–H and O–H groups in total. The van der Waals surface area contributed by atoms with Crippen molar-refractivity contribution in [3.05, 3.63) is 114 Å². The van der Waals surface area contributed by atoms with Gasteiger partial charge in [0.05, 0.1) is 0 Å². The zero-order valence-electron chi connectivity index (χ0n) is 20.6. The SMILES string of the molecule is Cc1cc(Sc2ccccc2-c2ccccc2)cc(C)c1OCC(=O)OC(C)(C)c1ccccc1. The van der Waals surface area contributed by atoms with Crippen molar-refractivity contribution in [2.24, 2.45) is 0 Å². The van der Waals surface area contributed by atoms with Gasteiger partial charge in [0, 0.05) is 9.79 Å². The summed E-state index contributed by atoms with van der Waals surface area (Å²) in [5.41, 5.74) is 4.59. The number of benzene rings is 4. The van der Waals surface area contributed by atoms with Crippen LogP contribution >= 0.6 is 11.8 Å². The summed E-state index contributed by atoms with van der Waals surface area (Å²) in [7, 11) is 0. The van der Waals surface area contributed by atoms with Crippen LogP contribution in [0, 0.1) is 13.8 Å². The van der Waals surface area contributed by atoms with E-state index in [0.717, 1.165) is 27.3 Å². The van der Waals surface area contributed by atoms with Gasteiger partial charge >= 0.3 is 5.97 Å². The van der Waals surface area contributed by atoms with Crippen LogP contribution in [0.15, 0.2) is 107 Å². The van der Waals surface area contributed by atoms with Crippen molar-refractivity contribution in [2.45, 2.75) is 43.1 Å². The van der Waals surface area contributed by atoms with Crippen LogP contribution in [0.1, 0.15) is 30.5 Å². The lowest BCUT2D eigenvalue weighted by molar-refractivity contribution is -0.159. The van der Waals surface area contributed by atoms with Gasteiger partial charge in [-0.15, -0.1) is 0 Å². The van der Waals surface area contributed by atoms with Crippen molar-refractivity contribution in [1.82, 2.24) is 0 Å². The first-order chi connectivity index (χ1) is 16.8. The fourth-order valence-electron chi connectivity index (χ4n) is 4.08. The molecule has 0 amide bonds. The molecule has 0 atom stereocenters. The van der Waals surface area contributed by atoms with Crippen LogP contribution in [0.4, 0.5) is 0 Å². The highest BCUT2D eigenvalue weighted by atomic mass is 32.2. The lowest BCUT2D eigenvalue weighted by Crippen LogP contribution is -2.28. The molecular weight excluding hydrogens is 452 g/mol. The van der Waals surface area contributed by atoms with Gasteiger partial charge in [-0.2, -0.15) is 0 Å². The van der Waals surface area contributed by atoms with Gasteiger partial charge in [-0.1, -0.05) is 90.6 Å². The molecule has 0 radical (unpaired) electrons. The third kappa shape index (κ3) is 6.14. The molecule has 0 aliphatic carbocycles. The summed E-state index contributed by atoms with van der Waals surface area (Å²) >= 11 is 1.73. The molecule has 35 heavy (non-hydrogen) atoms. The molecule has 0 unspecified atom stereocenters. The largest absolute Gasteiger partial charge is 0.481 e. The molecule has 0 spiro atoms. The van der Waals surface area contributed by atoms with Crippen molar-refractivity contribution in [2.75, 3.05) is 6.61 Å². The first-order valence-corrected chi connectivity index (χ1v) is 12.5. The predicted molar refractivity (Wildman–Crippen MR) is 143 cm³/mol. The molecule has 0 saturated carbocycles. The normalized spacial score (nSPS) is 11.2. The number of rotatable bonds is 8. The molecule has 0 aliphatic rings. The van der Waals surface area contributed by atoms with E-state index in [-0.39, 0.29) is 6.61 Å². The van der Waals surface area contributed by atoms with E-state index in [2.05, 4.69) is 60.7 Å². The van der Waals surface area contributed by atoms with Gasteiger partial charge in [-0.25, -0.2) is 4.79 Å². The van der Waals surface area contributed by atoms with Crippen LogP contribution < -0.4 is 4.74 Å². The Kier molecular flexibility index (Phi) is 7.62. The summed E-state index contributed by atoms with van der Waals surface area (Å²) in [6, 6.07) is 32.8. The third-order valence-corrected chi connectivity index (χ3v) is 6.85. The minimum Gasteiger partial charge on any atom is -0.481 e. The van der Waals surface area contributed by atoms with Gasteiger partial charge in [-0.3, -0.25) is 0 Å². The van der Waals surface area contributed by atoms with Crippen molar-refractivity contribution < 1.29 is 14.3 Å². The fourth-order valence-corrected chi connectivity index (χ4v) is 5.25. The Morgan fingerprint density at radius 1 is 0.800 bits per heavy atom. The zero-order chi connectivity index (χ0) is 24.8. The molecule has 4 rings (SSSR count). The summed E-state index contributed by atoms with van der Waals surface area (Å²) in [5, 5.41) is 0. The standard InChI is InChI=1S/C31H30O3S/c1-22-19-26(35-28-18-12-11-17-27(28)24-13-7-5-8-14-24)20-23(2)30(22)33-21-29(32)34-31(3,4)25-15-9-6-10-16-25/h5-20H,21H2,1-4H3. The highest BCUT2D eigenvalue weighted by molar-refractivity contribution is 7.99. The first-order valence-electron chi connectivity index (χ1n) is 11.7. The lowest BCUT2D eigenvalue weighted by Gasteiger charge is -2.25. The average Bonchev–Trinajstić information content (AvgIpc) is 2.85. The van der Waals surface area contributed by atoms with Crippen LogP contribution in [-0.4, -0.2) is 12.6 Å². The predicted octanol–water partition coefficient (Wildman–Crippen LogP) is 7.98. The smallest absolute Gasteiger partial charge is 0.345 e. The second-order valence-corrected chi connectivity index (χ2v) is 10.1. The average molecular weight is 483 g/mol. The van der Waals surface area contributed by atoms with E-state index in [4.69, 9.17) is 9.47 Å². The van der Waals surface area contributed by atoms with E-state index in [1.54, 1.807) is 11.8 Å². The number of hydrogen-bond acceptors (Lipinski definition) is 4. The van der Waals surface area contributed by atoms with E-state index in [0.29, 0.717) is 0 Å². The highest BCUT2D eigenvalue weighted by Gasteiger charge is 2.25. The summed E-state index contributed by atoms with van der Waals surface area (Å²) in [5.74, 6) is 0.327. The van der Waals surface area contributed by atoms with Crippen molar-refractivity contribution in [3.8, 4) is 16.9 Å². The molecule has 0 aromatic heterocycles. The van der Waals surface area contributed by atoms with Crippen LogP contribution in [0.3, 0.4) is 0 Å². The molecule has 4 heteroatoms.